The lowest BCUT2D eigenvalue weighted by Crippen LogP contribution is -2.13. The molecule has 0 unspecified atom stereocenters. The molecule has 1 rings (SSSR count). The molecule has 0 aromatic heterocycles. The third-order valence-corrected chi connectivity index (χ3v) is 1.78. The van der Waals surface area contributed by atoms with Crippen molar-refractivity contribution in [3.05, 3.63) is 11.6 Å². The topological polar surface area (TPSA) is 26.3 Å². The molecule has 10 heavy (non-hydrogen) atoms. The summed E-state index contributed by atoms with van der Waals surface area (Å²) in [5.41, 5.74) is 0.736. The van der Waals surface area contributed by atoms with Crippen LogP contribution in [0.2, 0.25) is 0 Å². The Labute approximate surface area is 68.8 Å². The van der Waals surface area contributed by atoms with Crippen molar-refractivity contribution in [2.45, 2.75) is 11.3 Å². The van der Waals surface area contributed by atoms with E-state index in [4.69, 9.17) is 23.2 Å². The van der Waals surface area contributed by atoms with Crippen molar-refractivity contribution in [3.8, 4) is 0 Å². The van der Waals surface area contributed by atoms with E-state index in [1.54, 1.807) is 0 Å². The average Bonchev–Trinajstić information content (AvgIpc) is 1.88. The number of rotatable bonds is 1. The second kappa shape index (κ2) is 3.26. The zero-order chi connectivity index (χ0) is 7.56. The van der Waals surface area contributed by atoms with Crippen molar-refractivity contribution >= 4 is 29.2 Å². The summed E-state index contributed by atoms with van der Waals surface area (Å²) in [6.07, 6.45) is 1.98. The fourth-order valence-electron chi connectivity index (χ4n) is 0.707. The molecule has 0 aliphatic carbocycles. The Hall–Kier alpha value is -0.210. The van der Waals surface area contributed by atoms with Crippen LogP contribution < -0.4 is 0 Å². The number of carbonyl (C=O) groups excluding carboxylic acids is 1. The highest BCUT2D eigenvalue weighted by Gasteiger charge is 2.14. The molecule has 0 fully saturated rings. The van der Waals surface area contributed by atoms with Gasteiger partial charge in [0.05, 0.1) is 6.61 Å². The van der Waals surface area contributed by atoms with Crippen molar-refractivity contribution < 1.29 is 9.53 Å². The van der Waals surface area contributed by atoms with Gasteiger partial charge in [-0.05, 0) is 5.57 Å². The van der Waals surface area contributed by atoms with E-state index in [0.717, 1.165) is 5.57 Å². The minimum atomic E-state index is -0.576. The first-order chi connectivity index (χ1) is 4.70. The van der Waals surface area contributed by atoms with Crippen LogP contribution in [-0.4, -0.2) is 17.4 Å². The van der Waals surface area contributed by atoms with Gasteiger partial charge in [-0.3, -0.25) is 0 Å². The maximum absolute atomic E-state index is 10.6. The van der Waals surface area contributed by atoms with Crippen LogP contribution >= 0.6 is 23.2 Å². The summed E-state index contributed by atoms with van der Waals surface area (Å²) >= 11 is 11.0. The molecule has 0 aromatic rings. The Morgan fingerprint density at radius 1 is 1.60 bits per heavy atom. The normalized spacial score (nSPS) is 18.7. The van der Waals surface area contributed by atoms with Gasteiger partial charge in [0.15, 0.2) is 0 Å². The molecule has 0 N–H and O–H groups in total. The van der Waals surface area contributed by atoms with Crippen LogP contribution in [0.5, 0.6) is 0 Å². The van der Waals surface area contributed by atoms with Crippen molar-refractivity contribution in [1.29, 1.82) is 0 Å². The molecule has 0 saturated heterocycles. The Morgan fingerprint density at radius 2 is 2.30 bits per heavy atom. The van der Waals surface area contributed by atoms with E-state index >= 15 is 0 Å². The van der Waals surface area contributed by atoms with Crippen molar-refractivity contribution in [3.63, 3.8) is 0 Å². The molecule has 0 amide bonds. The first-order valence-corrected chi connectivity index (χ1v) is 3.73. The summed E-state index contributed by atoms with van der Waals surface area (Å²) in [6, 6.07) is 0. The lowest BCUT2D eigenvalue weighted by Gasteiger charge is -2.12. The summed E-state index contributed by atoms with van der Waals surface area (Å²) in [5.74, 6) is -0.354. The van der Waals surface area contributed by atoms with Gasteiger partial charge in [-0.15, -0.1) is 23.2 Å². The molecule has 0 spiro atoms. The Morgan fingerprint density at radius 3 is 2.70 bits per heavy atom. The number of ether oxygens (including phenoxy) is 1. The fraction of sp³-hybridized carbons (Fsp3) is 0.500. The Bertz CT molecular complexity index is 175. The van der Waals surface area contributed by atoms with Gasteiger partial charge >= 0.3 is 5.97 Å². The molecule has 1 aliphatic rings. The van der Waals surface area contributed by atoms with Crippen LogP contribution in [0.15, 0.2) is 11.6 Å². The molecule has 0 atom stereocenters. The van der Waals surface area contributed by atoms with Crippen LogP contribution in [0.4, 0.5) is 0 Å². The lowest BCUT2D eigenvalue weighted by molar-refractivity contribution is -0.138. The Kier molecular flexibility index (Phi) is 2.57. The number of cyclic esters (lactones) is 1. The third-order valence-electron chi connectivity index (χ3n) is 1.22. The molecule has 0 saturated carbocycles. The van der Waals surface area contributed by atoms with Gasteiger partial charge < -0.3 is 4.74 Å². The number of esters is 1. The van der Waals surface area contributed by atoms with Gasteiger partial charge in [0.2, 0.25) is 0 Å². The zero-order valence-electron chi connectivity index (χ0n) is 5.14. The van der Waals surface area contributed by atoms with Crippen LogP contribution in [0.3, 0.4) is 0 Å². The molecule has 56 valence electrons. The maximum atomic E-state index is 10.6. The summed E-state index contributed by atoms with van der Waals surface area (Å²) in [4.78, 5) is 9.99. The monoisotopic (exact) mass is 180 g/mol. The molecule has 0 aromatic carbocycles. The first kappa shape index (κ1) is 7.89. The predicted octanol–water partition coefficient (Wildman–Crippen LogP) is 1.66. The van der Waals surface area contributed by atoms with E-state index in [2.05, 4.69) is 4.74 Å². The number of carbonyl (C=O) groups is 1. The minimum absolute atomic E-state index is 0.354. The second-order valence-electron chi connectivity index (χ2n) is 1.94. The van der Waals surface area contributed by atoms with Gasteiger partial charge in [0.1, 0.15) is 4.84 Å². The number of hydrogen-bond acceptors (Lipinski definition) is 2. The summed E-state index contributed by atoms with van der Waals surface area (Å²) < 4.78 is 4.63. The molecular weight excluding hydrogens is 175 g/mol. The highest BCUT2D eigenvalue weighted by atomic mass is 35.5. The standard InChI is InChI=1S/C6H6Cl2O2/c7-6(8)4-1-2-10-5(9)3-4/h3,6H,1-2H2. The number of hydrogen-bond donors (Lipinski definition) is 0. The molecule has 4 heteroatoms. The Balaban J connectivity index is 2.66. The highest BCUT2D eigenvalue weighted by Crippen LogP contribution is 2.20. The van der Waals surface area contributed by atoms with Crippen LogP contribution in [0.25, 0.3) is 0 Å². The highest BCUT2D eigenvalue weighted by molar-refractivity contribution is 6.46. The van der Waals surface area contributed by atoms with Crippen molar-refractivity contribution in [1.82, 2.24) is 0 Å². The van der Waals surface area contributed by atoms with E-state index in [1.165, 1.54) is 6.08 Å². The summed E-state index contributed by atoms with van der Waals surface area (Å²) in [7, 11) is 0. The molecular formula is C6H6Cl2O2. The number of alkyl halides is 2. The van der Waals surface area contributed by atoms with Gasteiger partial charge in [-0.1, -0.05) is 0 Å². The summed E-state index contributed by atoms with van der Waals surface area (Å²) in [5, 5.41) is 0. The largest absolute Gasteiger partial charge is 0.462 e. The lowest BCUT2D eigenvalue weighted by atomic mass is 10.2. The summed E-state index contributed by atoms with van der Waals surface area (Å²) in [6.45, 7) is 0.389. The van der Waals surface area contributed by atoms with Crippen molar-refractivity contribution in [2.75, 3.05) is 6.61 Å². The van der Waals surface area contributed by atoms with Gasteiger partial charge in [-0.25, -0.2) is 4.79 Å². The molecule has 1 heterocycles. The molecule has 2 nitrogen and oxygen atoms in total. The van der Waals surface area contributed by atoms with Crippen LogP contribution in [0, 0.1) is 0 Å². The second-order valence-corrected chi connectivity index (χ2v) is 3.03. The third kappa shape index (κ3) is 1.89. The first-order valence-electron chi connectivity index (χ1n) is 2.85. The SMILES string of the molecule is O=C1C=C(C(Cl)Cl)CCO1. The average molecular weight is 181 g/mol. The molecule has 0 radical (unpaired) electrons. The van der Waals surface area contributed by atoms with E-state index in [0.29, 0.717) is 13.0 Å². The number of halogens is 2. The maximum Gasteiger partial charge on any atom is 0.330 e. The van der Waals surface area contributed by atoms with Gasteiger partial charge in [0.25, 0.3) is 0 Å². The fourth-order valence-corrected chi connectivity index (χ4v) is 1.05. The van der Waals surface area contributed by atoms with E-state index < -0.39 is 4.84 Å². The smallest absolute Gasteiger partial charge is 0.330 e. The predicted molar refractivity (Wildman–Crippen MR) is 39.2 cm³/mol. The van der Waals surface area contributed by atoms with Gasteiger partial charge in [0, 0.05) is 12.5 Å². The van der Waals surface area contributed by atoms with Gasteiger partial charge in [-0.2, -0.15) is 0 Å². The minimum Gasteiger partial charge on any atom is -0.462 e. The zero-order valence-corrected chi connectivity index (χ0v) is 6.65. The van der Waals surface area contributed by atoms with Crippen molar-refractivity contribution in [2.24, 2.45) is 0 Å². The van der Waals surface area contributed by atoms with E-state index in [-0.39, 0.29) is 5.97 Å². The van der Waals surface area contributed by atoms with Crippen LogP contribution in [0.1, 0.15) is 6.42 Å². The van der Waals surface area contributed by atoms with E-state index in [1.807, 2.05) is 0 Å². The molecule has 0 bridgehead atoms. The quantitative estimate of drug-likeness (QED) is 0.454. The van der Waals surface area contributed by atoms with Crippen LogP contribution in [-0.2, 0) is 9.53 Å². The van der Waals surface area contributed by atoms with E-state index in [9.17, 15) is 4.79 Å². The molecule has 1 aliphatic heterocycles.